The molecule has 0 amide bonds. The van der Waals surface area contributed by atoms with E-state index in [4.69, 9.17) is 4.80 Å². The molecule has 0 aromatic rings. The fourth-order valence-corrected chi connectivity index (χ4v) is 1.09. The summed E-state index contributed by atoms with van der Waals surface area (Å²) in [5, 5.41) is 0. The van der Waals surface area contributed by atoms with Crippen LogP contribution in [0.15, 0.2) is 0 Å². The van der Waals surface area contributed by atoms with Gasteiger partial charge in [-0.05, 0) is 6.04 Å². The number of hydrogen-bond donors (Lipinski definition) is 1. The van der Waals surface area contributed by atoms with Gasteiger partial charge >= 0.3 is 51.4 Å². The Balaban J connectivity index is -0.000000125. The van der Waals surface area contributed by atoms with E-state index < -0.39 is 9.76 Å². The Morgan fingerprint density at radius 2 is 2.29 bits per heavy atom. The van der Waals surface area contributed by atoms with E-state index in [1.807, 2.05) is 0 Å². The van der Waals surface area contributed by atoms with Gasteiger partial charge in [-0.25, -0.2) is 0 Å². The molecule has 0 unspecified atom stereocenters. The quantitative estimate of drug-likeness (QED) is 0.340. The Morgan fingerprint density at radius 1 is 1.71 bits per heavy atom. The molecule has 0 aromatic carbocycles. The Hall–Kier alpha value is 1.81. The molecule has 7 heavy (non-hydrogen) atoms. The van der Waals surface area contributed by atoms with Gasteiger partial charge in [0.25, 0.3) is 0 Å². The third-order valence-electron chi connectivity index (χ3n) is 0.762. The van der Waals surface area contributed by atoms with Gasteiger partial charge in [0.2, 0.25) is 0 Å². The molecule has 0 heterocycles. The van der Waals surface area contributed by atoms with E-state index in [1.165, 1.54) is 12.8 Å². The molecule has 0 fully saturated rings. The molecule has 1 N–H and O–H groups in total. The van der Waals surface area contributed by atoms with Crippen LogP contribution in [-0.2, 0) is 0 Å². The van der Waals surface area contributed by atoms with E-state index in [9.17, 15) is 0 Å². The van der Waals surface area contributed by atoms with E-state index in [2.05, 4.69) is 6.92 Å². The maximum Gasteiger partial charge on any atom is 1.00 e. The fraction of sp³-hybridized carbons (Fsp3) is 1.00. The summed E-state index contributed by atoms with van der Waals surface area (Å²) in [5.74, 6) is 0. The summed E-state index contributed by atoms with van der Waals surface area (Å²) in [5.41, 5.74) is 0. The first kappa shape index (κ1) is 11.6. The largest absolute Gasteiger partial charge is 1.00 e. The standard InChI is InChI=1S/C4H12OSi.K.H/c1-2-3-4-6-5;;/h5H,2-4,6H2,1H3;;/q;+1;-1. The smallest absolute Gasteiger partial charge is 1.00 e. The Bertz CT molecular complexity index is 28.0. The predicted octanol–water partition coefficient (Wildman–Crippen LogP) is -2.60. The summed E-state index contributed by atoms with van der Waals surface area (Å²) in [4.78, 5) is 8.34. The average molecular weight is 144 g/mol. The van der Waals surface area contributed by atoms with Crippen LogP contribution in [0.3, 0.4) is 0 Å². The van der Waals surface area contributed by atoms with Crippen LogP contribution in [0.25, 0.3) is 0 Å². The molecule has 0 atom stereocenters. The molecule has 3 heteroatoms. The average Bonchev–Trinajstić information content (AvgIpc) is 1.61. The molecule has 40 valence electrons. The molecule has 0 bridgehead atoms. The summed E-state index contributed by atoms with van der Waals surface area (Å²) in [6.45, 7) is 2.14. The zero-order valence-electron chi connectivity index (χ0n) is 6.28. The zero-order valence-corrected chi connectivity index (χ0v) is 9.81. The second-order valence-electron chi connectivity index (χ2n) is 1.43. The second-order valence-corrected chi connectivity index (χ2v) is 2.59. The summed E-state index contributed by atoms with van der Waals surface area (Å²) in [6.07, 6.45) is 2.45. The number of hydrogen-bond acceptors (Lipinski definition) is 1. The van der Waals surface area contributed by atoms with Gasteiger partial charge in [-0.15, -0.1) is 0 Å². The van der Waals surface area contributed by atoms with Crippen molar-refractivity contribution in [2.45, 2.75) is 25.8 Å². The van der Waals surface area contributed by atoms with Crippen LogP contribution < -0.4 is 51.4 Å². The molecule has 0 saturated carbocycles. The van der Waals surface area contributed by atoms with E-state index in [0.29, 0.717) is 0 Å². The maximum atomic E-state index is 8.34. The van der Waals surface area contributed by atoms with Crippen molar-refractivity contribution in [2.24, 2.45) is 0 Å². The first-order valence-electron chi connectivity index (χ1n) is 2.52. The van der Waals surface area contributed by atoms with Crippen molar-refractivity contribution in [3.8, 4) is 0 Å². The second kappa shape index (κ2) is 10.7. The Kier molecular flexibility index (Phi) is 17.8. The summed E-state index contributed by atoms with van der Waals surface area (Å²) in [6, 6.07) is 1.11. The summed E-state index contributed by atoms with van der Waals surface area (Å²) < 4.78 is 0. The summed E-state index contributed by atoms with van der Waals surface area (Å²) >= 11 is 0. The first-order chi connectivity index (χ1) is 2.91. The van der Waals surface area contributed by atoms with Crippen molar-refractivity contribution < 1.29 is 57.6 Å². The van der Waals surface area contributed by atoms with Crippen molar-refractivity contribution in [3.05, 3.63) is 0 Å². The van der Waals surface area contributed by atoms with Crippen LogP contribution in [0.4, 0.5) is 0 Å². The molecule has 0 aromatic heterocycles. The minimum absolute atomic E-state index is 0. The van der Waals surface area contributed by atoms with Gasteiger partial charge in [-0.3, -0.25) is 0 Å². The molecule has 0 aliphatic heterocycles. The molecule has 0 saturated heterocycles. The third kappa shape index (κ3) is 11.4. The van der Waals surface area contributed by atoms with Crippen molar-refractivity contribution >= 4 is 9.76 Å². The van der Waals surface area contributed by atoms with Gasteiger partial charge in [-0.1, -0.05) is 19.8 Å². The maximum absolute atomic E-state index is 8.34. The molecule has 0 rings (SSSR count). The van der Waals surface area contributed by atoms with Gasteiger partial charge in [0.15, 0.2) is 9.76 Å². The van der Waals surface area contributed by atoms with Crippen LogP contribution in [0.1, 0.15) is 21.2 Å². The monoisotopic (exact) mass is 144 g/mol. The van der Waals surface area contributed by atoms with Crippen LogP contribution in [-0.4, -0.2) is 14.6 Å². The molecule has 0 spiro atoms. The fourth-order valence-electron chi connectivity index (χ4n) is 0.362. The molecule has 0 aliphatic rings. The van der Waals surface area contributed by atoms with E-state index in [0.717, 1.165) is 6.04 Å². The first-order valence-corrected chi connectivity index (χ1v) is 4.16. The van der Waals surface area contributed by atoms with E-state index in [-0.39, 0.29) is 52.8 Å². The third-order valence-corrected chi connectivity index (χ3v) is 1.58. The van der Waals surface area contributed by atoms with Crippen LogP contribution in [0.5, 0.6) is 0 Å². The number of rotatable bonds is 3. The molecular weight excluding hydrogens is 131 g/mol. The Morgan fingerprint density at radius 3 is 2.43 bits per heavy atom. The molecule has 0 radical (unpaired) electrons. The number of unbranched alkanes of at least 4 members (excludes halogenated alkanes) is 1. The van der Waals surface area contributed by atoms with Crippen LogP contribution in [0.2, 0.25) is 6.04 Å². The molecular formula is C4H13KOSi. The van der Waals surface area contributed by atoms with Crippen LogP contribution in [0, 0.1) is 0 Å². The molecule has 1 nitrogen and oxygen atoms in total. The van der Waals surface area contributed by atoms with Gasteiger partial charge < -0.3 is 6.22 Å². The minimum Gasteiger partial charge on any atom is -1.00 e. The van der Waals surface area contributed by atoms with Gasteiger partial charge in [-0.2, -0.15) is 0 Å². The molecule has 0 aliphatic carbocycles. The topological polar surface area (TPSA) is 20.2 Å². The normalized spacial score (nSPS) is 9.43. The van der Waals surface area contributed by atoms with Gasteiger partial charge in [0, 0.05) is 0 Å². The van der Waals surface area contributed by atoms with Crippen molar-refractivity contribution in [1.82, 2.24) is 0 Å². The SMILES string of the molecule is CCCC[SiH2]O.[H-].[K+]. The minimum atomic E-state index is -0.597. The zero-order chi connectivity index (χ0) is 4.83. The van der Waals surface area contributed by atoms with Crippen molar-refractivity contribution in [1.29, 1.82) is 0 Å². The van der Waals surface area contributed by atoms with Gasteiger partial charge in [0.1, 0.15) is 0 Å². The van der Waals surface area contributed by atoms with Crippen LogP contribution >= 0.6 is 0 Å². The van der Waals surface area contributed by atoms with Gasteiger partial charge in [0.05, 0.1) is 0 Å². The van der Waals surface area contributed by atoms with E-state index >= 15 is 0 Å². The van der Waals surface area contributed by atoms with Crippen molar-refractivity contribution in [3.63, 3.8) is 0 Å². The summed E-state index contributed by atoms with van der Waals surface area (Å²) in [7, 11) is -0.597. The predicted molar refractivity (Wildman–Crippen MR) is 31.6 cm³/mol. The Labute approximate surface area is 91.7 Å². The van der Waals surface area contributed by atoms with E-state index in [1.54, 1.807) is 0 Å². The van der Waals surface area contributed by atoms with Crippen molar-refractivity contribution in [2.75, 3.05) is 0 Å².